The molecule has 1 amide bonds. The Hall–Kier alpha value is -1.79. The fourth-order valence-electron chi connectivity index (χ4n) is 2.23. The Bertz CT molecular complexity index is 685. The molecule has 1 aromatic heterocycles. The number of nitrogens with one attached hydrogen (secondary N) is 1. The highest BCUT2D eigenvalue weighted by Crippen LogP contribution is 2.25. The van der Waals surface area contributed by atoms with Crippen molar-refractivity contribution < 1.29 is 9.53 Å². The predicted molar refractivity (Wildman–Crippen MR) is 97.9 cm³/mol. The maximum absolute atomic E-state index is 12.2. The number of hydrogen-bond donors (Lipinski definition) is 1. The number of thioether (sulfide) groups is 1. The molecule has 0 fully saturated rings. The molecule has 1 unspecified atom stereocenters. The number of hydrogen-bond acceptors (Lipinski definition) is 4. The van der Waals surface area contributed by atoms with Crippen LogP contribution in [-0.4, -0.2) is 41.0 Å². The standard InChI is InChI=1S/C18H25N3O2S/c1-13-6-7-16(12-14(13)2)21-10-9-20-18(21)24-15(3)17(22)19-8-5-11-23-4/h6-7,9-10,12,15H,5,8,11H2,1-4H3,(H,19,22). The van der Waals surface area contributed by atoms with Gasteiger partial charge in [0.1, 0.15) is 0 Å². The number of nitrogens with zero attached hydrogens (tertiary/aromatic N) is 2. The molecule has 1 atom stereocenters. The van der Waals surface area contributed by atoms with Gasteiger partial charge in [-0.25, -0.2) is 4.98 Å². The third kappa shape index (κ3) is 4.85. The molecule has 0 radical (unpaired) electrons. The van der Waals surface area contributed by atoms with Crippen LogP contribution in [0, 0.1) is 13.8 Å². The second kappa shape index (κ2) is 8.89. The van der Waals surface area contributed by atoms with E-state index in [0.717, 1.165) is 17.3 Å². The number of ether oxygens (including phenoxy) is 1. The summed E-state index contributed by atoms with van der Waals surface area (Å²) in [5.41, 5.74) is 3.56. The average molecular weight is 347 g/mol. The van der Waals surface area contributed by atoms with E-state index in [1.165, 1.54) is 22.9 Å². The third-order valence-corrected chi connectivity index (χ3v) is 4.93. The fraction of sp³-hybridized carbons (Fsp3) is 0.444. The molecule has 24 heavy (non-hydrogen) atoms. The monoisotopic (exact) mass is 347 g/mol. The molecular weight excluding hydrogens is 322 g/mol. The molecule has 6 heteroatoms. The van der Waals surface area contributed by atoms with Crippen LogP contribution in [0.5, 0.6) is 0 Å². The molecule has 0 aliphatic rings. The molecule has 0 saturated heterocycles. The molecule has 2 rings (SSSR count). The van der Waals surface area contributed by atoms with Crippen molar-refractivity contribution in [2.24, 2.45) is 0 Å². The van der Waals surface area contributed by atoms with E-state index in [-0.39, 0.29) is 11.2 Å². The minimum atomic E-state index is -0.208. The summed E-state index contributed by atoms with van der Waals surface area (Å²) in [5.74, 6) is 0.0192. The number of aryl methyl sites for hydroxylation is 2. The highest BCUT2D eigenvalue weighted by atomic mass is 32.2. The molecule has 0 aliphatic carbocycles. The van der Waals surface area contributed by atoms with Crippen LogP contribution < -0.4 is 5.32 Å². The van der Waals surface area contributed by atoms with Gasteiger partial charge in [0, 0.05) is 38.3 Å². The van der Waals surface area contributed by atoms with E-state index in [1.54, 1.807) is 13.3 Å². The van der Waals surface area contributed by atoms with Gasteiger partial charge < -0.3 is 10.1 Å². The smallest absolute Gasteiger partial charge is 0.233 e. The van der Waals surface area contributed by atoms with E-state index in [9.17, 15) is 4.79 Å². The van der Waals surface area contributed by atoms with Crippen molar-refractivity contribution in [2.45, 2.75) is 37.6 Å². The zero-order chi connectivity index (χ0) is 17.5. The van der Waals surface area contributed by atoms with E-state index in [0.29, 0.717) is 13.2 Å². The zero-order valence-corrected chi connectivity index (χ0v) is 15.5. The molecule has 0 bridgehead atoms. The van der Waals surface area contributed by atoms with Crippen LogP contribution in [0.3, 0.4) is 0 Å². The highest BCUT2D eigenvalue weighted by Gasteiger charge is 2.17. The maximum atomic E-state index is 12.2. The van der Waals surface area contributed by atoms with E-state index < -0.39 is 0 Å². The van der Waals surface area contributed by atoms with Gasteiger partial charge in [0.05, 0.1) is 5.25 Å². The summed E-state index contributed by atoms with van der Waals surface area (Å²) in [6.07, 6.45) is 4.51. The summed E-state index contributed by atoms with van der Waals surface area (Å²) >= 11 is 1.46. The van der Waals surface area contributed by atoms with E-state index in [4.69, 9.17) is 4.74 Å². The summed E-state index contributed by atoms with van der Waals surface area (Å²) in [6, 6.07) is 6.31. The molecular formula is C18H25N3O2S. The Morgan fingerprint density at radius 2 is 2.17 bits per heavy atom. The Morgan fingerprint density at radius 3 is 2.88 bits per heavy atom. The first-order valence-electron chi connectivity index (χ1n) is 8.07. The minimum absolute atomic E-state index is 0.0192. The lowest BCUT2D eigenvalue weighted by molar-refractivity contribution is -0.120. The first kappa shape index (κ1) is 18.5. The SMILES string of the molecule is COCCCNC(=O)C(C)Sc1nccn1-c1ccc(C)c(C)c1. The molecule has 5 nitrogen and oxygen atoms in total. The van der Waals surface area contributed by atoms with Crippen molar-refractivity contribution in [1.29, 1.82) is 0 Å². The lowest BCUT2D eigenvalue weighted by atomic mass is 10.1. The van der Waals surface area contributed by atoms with Crippen LogP contribution in [0.25, 0.3) is 5.69 Å². The lowest BCUT2D eigenvalue weighted by Gasteiger charge is -2.14. The van der Waals surface area contributed by atoms with Gasteiger partial charge in [-0.15, -0.1) is 0 Å². The minimum Gasteiger partial charge on any atom is -0.385 e. The second-order valence-corrected chi connectivity index (χ2v) is 7.05. The van der Waals surface area contributed by atoms with E-state index in [2.05, 4.69) is 42.3 Å². The molecule has 1 N–H and O–H groups in total. The topological polar surface area (TPSA) is 56.1 Å². The van der Waals surface area contributed by atoms with Crippen LogP contribution in [0.1, 0.15) is 24.5 Å². The van der Waals surface area contributed by atoms with Gasteiger partial charge in [-0.2, -0.15) is 0 Å². The Labute approximate surface area is 147 Å². The molecule has 2 aromatic rings. The second-order valence-electron chi connectivity index (χ2n) is 5.75. The quantitative estimate of drug-likeness (QED) is 0.589. The number of carbonyl (C=O) groups excluding carboxylic acids is 1. The maximum Gasteiger partial charge on any atom is 0.233 e. The van der Waals surface area contributed by atoms with E-state index in [1.807, 2.05) is 17.7 Å². The number of imidazole rings is 1. The summed E-state index contributed by atoms with van der Waals surface area (Å²) < 4.78 is 7.00. The number of amides is 1. The molecule has 1 aromatic carbocycles. The normalized spacial score (nSPS) is 12.2. The molecule has 1 heterocycles. The summed E-state index contributed by atoms with van der Waals surface area (Å²) in [4.78, 5) is 16.6. The summed E-state index contributed by atoms with van der Waals surface area (Å²) in [7, 11) is 1.66. The van der Waals surface area contributed by atoms with Crippen molar-refractivity contribution in [1.82, 2.24) is 14.9 Å². The van der Waals surface area contributed by atoms with Crippen molar-refractivity contribution in [3.05, 3.63) is 41.7 Å². The molecule has 0 saturated carbocycles. The van der Waals surface area contributed by atoms with Gasteiger partial charge in [0.15, 0.2) is 5.16 Å². The average Bonchev–Trinajstić information content (AvgIpc) is 3.02. The Morgan fingerprint density at radius 1 is 1.38 bits per heavy atom. The Kier molecular flexibility index (Phi) is 6.87. The van der Waals surface area contributed by atoms with Gasteiger partial charge in [-0.05, 0) is 50.5 Å². The Balaban J connectivity index is 2.02. The first-order valence-corrected chi connectivity index (χ1v) is 8.95. The molecule has 0 aliphatic heterocycles. The number of methoxy groups -OCH3 is 1. The lowest BCUT2D eigenvalue weighted by Crippen LogP contribution is -2.32. The van der Waals surface area contributed by atoms with Crippen LogP contribution in [-0.2, 0) is 9.53 Å². The van der Waals surface area contributed by atoms with Crippen LogP contribution in [0.4, 0.5) is 0 Å². The van der Waals surface area contributed by atoms with Crippen molar-refractivity contribution in [3.63, 3.8) is 0 Å². The third-order valence-electron chi connectivity index (χ3n) is 3.85. The molecule has 130 valence electrons. The van der Waals surface area contributed by atoms with Gasteiger partial charge in [-0.3, -0.25) is 9.36 Å². The van der Waals surface area contributed by atoms with Gasteiger partial charge in [0.2, 0.25) is 5.91 Å². The van der Waals surface area contributed by atoms with Crippen molar-refractivity contribution in [2.75, 3.05) is 20.3 Å². The van der Waals surface area contributed by atoms with E-state index >= 15 is 0 Å². The largest absolute Gasteiger partial charge is 0.385 e. The fourth-order valence-corrected chi connectivity index (χ4v) is 3.14. The summed E-state index contributed by atoms with van der Waals surface area (Å²) in [5, 5.41) is 3.54. The van der Waals surface area contributed by atoms with Crippen molar-refractivity contribution in [3.8, 4) is 5.69 Å². The van der Waals surface area contributed by atoms with Gasteiger partial charge in [0.25, 0.3) is 0 Å². The number of aromatic nitrogens is 2. The number of rotatable bonds is 8. The molecule has 0 spiro atoms. The predicted octanol–water partition coefficient (Wildman–Crippen LogP) is 3.12. The number of carbonyl (C=O) groups is 1. The van der Waals surface area contributed by atoms with Crippen LogP contribution in [0.15, 0.2) is 35.7 Å². The summed E-state index contributed by atoms with van der Waals surface area (Å²) in [6.45, 7) is 7.37. The zero-order valence-electron chi connectivity index (χ0n) is 14.7. The van der Waals surface area contributed by atoms with Gasteiger partial charge in [-0.1, -0.05) is 17.8 Å². The first-order chi connectivity index (χ1) is 11.5. The van der Waals surface area contributed by atoms with Crippen molar-refractivity contribution >= 4 is 17.7 Å². The highest BCUT2D eigenvalue weighted by molar-refractivity contribution is 8.00. The number of benzene rings is 1. The van der Waals surface area contributed by atoms with Crippen LogP contribution in [0.2, 0.25) is 0 Å². The van der Waals surface area contributed by atoms with Gasteiger partial charge >= 0.3 is 0 Å². The van der Waals surface area contributed by atoms with Crippen LogP contribution >= 0.6 is 11.8 Å².